The van der Waals surface area contributed by atoms with Crippen LogP contribution in [0.25, 0.3) is 0 Å². The molecule has 23 heavy (non-hydrogen) atoms. The smallest absolute Gasteiger partial charge is 0.223 e. The lowest BCUT2D eigenvalue weighted by molar-refractivity contribution is -0.415. The Morgan fingerprint density at radius 2 is 1.57 bits per heavy atom. The molecule has 2 fully saturated rings. The summed E-state index contributed by atoms with van der Waals surface area (Å²) in [4.78, 5) is 0. The summed E-state index contributed by atoms with van der Waals surface area (Å²) in [6, 6.07) is 0. The fourth-order valence-electron chi connectivity index (χ4n) is 2.52. The van der Waals surface area contributed by atoms with Gasteiger partial charge in [0, 0.05) is 0 Å². The Morgan fingerprint density at radius 1 is 0.913 bits per heavy atom. The van der Waals surface area contributed by atoms with Crippen LogP contribution in [0.2, 0.25) is 0 Å². The van der Waals surface area contributed by atoms with Gasteiger partial charge in [-0.3, -0.25) is 0 Å². The van der Waals surface area contributed by atoms with E-state index in [1.165, 1.54) is 0 Å². The van der Waals surface area contributed by atoms with Crippen LogP contribution in [0.5, 0.6) is 0 Å². The molecule has 0 saturated carbocycles. The zero-order valence-corrected chi connectivity index (χ0v) is 12.0. The molecule has 9 atom stereocenters. The molecule has 0 radical (unpaired) electrons. The predicted octanol–water partition coefficient (Wildman–Crippen LogP) is -5.40. The average molecular weight is 342 g/mol. The van der Waals surface area contributed by atoms with Crippen LogP contribution in [-0.4, -0.2) is 115 Å². The minimum Gasteiger partial charge on any atom is -0.394 e. The monoisotopic (exact) mass is 342 g/mol. The van der Waals surface area contributed by atoms with E-state index in [1.807, 2.05) is 0 Å². The first kappa shape index (κ1) is 18.9. The van der Waals surface area contributed by atoms with Gasteiger partial charge in [-0.25, -0.2) is 0 Å². The third kappa shape index (κ3) is 3.36. The Bertz CT molecular complexity index is 393. The molecule has 8 N–H and O–H groups in total. The standard InChI is InChI=1S/C12H22O11/c13-1-5-7(17)8(18)9(19)11(22-5)23-12(3-14)10(20)6(16)4(15)2-21-12/h4-11,13-20H,1-3H2/t4-,5-,6-,7-,8+,9-,10+,11-,12-/m1/s1. The first-order valence-electron chi connectivity index (χ1n) is 7.04. The molecule has 0 amide bonds. The van der Waals surface area contributed by atoms with Crippen molar-refractivity contribution in [3.63, 3.8) is 0 Å². The van der Waals surface area contributed by atoms with Gasteiger partial charge in [0.25, 0.3) is 0 Å². The molecule has 0 aliphatic carbocycles. The average Bonchev–Trinajstić information content (AvgIpc) is 2.56. The van der Waals surface area contributed by atoms with E-state index in [4.69, 9.17) is 19.3 Å². The molecule has 0 bridgehead atoms. The van der Waals surface area contributed by atoms with Gasteiger partial charge in [0.2, 0.25) is 5.79 Å². The zero-order valence-electron chi connectivity index (χ0n) is 12.0. The third-order valence-electron chi connectivity index (χ3n) is 4.05. The molecule has 0 aromatic heterocycles. The summed E-state index contributed by atoms with van der Waals surface area (Å²) in [7, 11) is 0. The highest BCUT2D eigenvalue weighted by molar-refractivity contribution is 4.95. The van der Waals surface area contributed by atoms with Gasteiger partial charge in [-0.05, 0) is 0 Å². The van der Waals surface area contributed by atoms with Gasteiger partial charge >= 0.3 is 0 Å². The lowest BCUT2D eigenvalue weighted by atomic mass is 9.96. The van der Waals surface area contributed by atoms with Crippen molar-refractivity contribution >= 4 is 0 Å². The van der Waals surface area contributed by atoms with Crippen LogP contribution < -0.4 is 0 Å². The van der Waals surface area contributed by atoms with Gasteiger partial charge in [0.15, 0.2) is 6.29 Å². The Morgan fingerprint density at radius 3 is 2.13 bits per heavy atom. The lowest BCUT2D eigenvalue weighted by Gasteiger charge is -2.48. The second-order valence-electron chi connectivity index (χ2n) is 5.60. The molecule has 0 unspecified atom stereocenters. The van der Waals surface area contributed by atoms with E-state index in [-0.39, 0.29) is 0 Å². The van der Waals surface area contributed by atoms with Gasteiger partial charge in [-0.15, -0.1) is 0 Å². The Balaban J connectivity index is 2.17. The molecule has 2 heterocycles. The van der Waals surface area contributed by atoms with Crippen molar-refractivity contribution in [1.29, 1.82) is 0 Å². The largest absolute Gasteiger partial charge is 0.394 e. The van der Waals surface area contributed by atoms with Gasteiger partial charge < -0.3 is 55.1 Å². The normalized spacial score (nSPS) is 51.7. The first-order valence-corrected chi connectivity index (χ1v) is 7.04. The minimum atomic E-state index is -2.23. The van der Waals surface area contributed by atoms with Crippen molar-refractivity contribution < 1.29 is 55.1 Å². The SMILES string of the molecule is OC[C@H]1O[C@H](O[C@@]2(CO)OC[C@@H](O)[C@@H](O)[C@@H]2O)[C@H](O)[C@@H](O)[C@@H]1O. The second kappa shape index (κ2) is 7.21. The molecular formula is C12H22O11. The first-order chi connectivity index (χ1) is 10.8. The summed E-state index contributed by atoms with van der Waals surface area (Å²) in [6.45, 7) is -2.13. The molecule has 2 saturated heterocycles. The molecule has 0 spiro atoms. The number of ether oxygens (including phenoxy) is 3. The van der Waals surface area contributed by atoms with Gasteiger partial charge in [0.1, 0.15) is 49.3 Å². The van der Waals surface area contributed by atoms with Gasteiger partial charge in [0.05, 0.1) is 13.2 Å². The van der Waals surface area contributed by atoms with E-state index in [2.05, 4.69) is 0 Å². The van der Waals surface area contributed by atoms with Crippen LogP contribution in [-0.2, 0) is 14.2 Å². The molecule has 0 aromatic rings. The quantitative estimate of drug-likeness (QED) is 0.243. The van der Waals surface area contributed by atoms with Crippen LogP contribution in [0.4, 0.5) is 0 Å². The predicted molar refractivity (Wildman–Crippen MR) is 68.6 cm³/mol. The van der Waals surface area contributed by atoms with Crippen molar-refractivity contribution in [2.75, 3.05) is 19.8 Å². The Labute approximate surface area is 130 Å². The molecule has 2 aliphatic rings. The summed E-state index contributed by atoms with van der Waals surface area (Å²) in [6.07, 6.45) is -13.0. The topological polar surface area (TPSA) is 190 Å². The highest BCUT2D eigenvalue weighted by Crippen LogP contribution is 2.32. The third-order valence-corrected chi connectivity index (χ3v) is 4.05. The molecule has 0 aromatic carbocycles. The molecular weight excluding hydrogens is 320 g/mol. The molecule has 11 nitrogen and oxygen atoms in total. The minimum absolute atomic E-state index is 0.476. The van der Waals surface area contributed by atoms with E-state index in [0.717, 1.165) is 0 Å². The van der Waals surface area contributed by atoms with Crippen LogP contribution in [0, 0.1) is 0 Å². The molecule has 136 valence electrons. The summed E-state index contributed by atoms with van der Waals surface area (Å²) in [5, 5.41) is 77.0. The van der Waals surface area contributed by atoms with Crippen molar-refractivity contribution in [1.82, 2.24) is 0 Å². The maximum Gasteiger partial charge on any atom is 0.223 e. The Hall–Kier alpha value is -0.440. The van der Waals surface area contributed by atoms with Crippen molar-refractivity contribution in [2.24, 2.45) is 0 Å². The maximum atomic E-state index is 10.00. The highest BCUT2D eigenvalue weighted by Gasteiger charge is 2.55. The number of hydrogen-bond donors (Lipinski definition) is 8. The number of aliphatic hydroxyl groups is 8. The van der Waals surface area contributed by atoms with Gasteiger partial charge in [-0.1, -0.05) is 0 Å². The van der Waals surface area contributed by atoms with Crippen LogP contribution in [0.3, 0.4) is 0 Å². The number of hydrogen-bond acceptors (Lipinski definition) is 11. The van der Waals surface area contributed by atoms with Crippen molar-refractivity contribution in [3.05, 3.63) is 0 Å². The summed E-state index contributed by atoms with van der Waals surface area (Å²) in [5.41, 5.74) is 0. The Kier molecular flexibility index (Phi) is 5.92. The van der Waals surface area contributed by atoms with Crippen LogP contribution in [0.1, 0.15) is 0 Å². The number of rotatable bonds is 4. The second-order valence-corrected chi connectivity index (χ2v) is 5.60. The summed E-state index contributed by atoms with van der Waals surface area (Å²) < 4.78 is 15.4. The van der Waals surface area contributed by atoms with E-state index < -0.39 is 74.6 Å². The fraction of sp³-hybridized carbons (Fsp3) is 1.00. The van der Waals surface area contributed by atoms with E-state index in [0.29, 0.717) is 0 Å². The molecule has 2 aliphatic heterocycles. The van der Waals surface area contributed by atoms with E-state index >= 15 is 0 Å². The van der Waals surface area contributed by atoms with E-state index in [1.54, 1.807) is 0 Å². The van der Waals surface area contributed by atoms with Crippen LogP contribution >= 0.6 is 0 Å². The van der Waals surface area contributed by atoms with Crippen molar-refractivity contribution in [3.8, 4) is 0 Å². The molecule has 11 heteroatoms. The maximum absolute atomic E-state index is 10.00. The van der Waals surface area contributed by atoms with Crippen molar-refractivity contribution in [2.45, 2.75) is 54.8 Å². The molecule has 2 rings (SSSR count). The zero-order chi connectivity index (χ0) is 17.4. The van der Waals surface area contributed by atoms with E-state index in [9.17, 15) is 35.7 Å². The van der Waals surface area contributed by atoms with Gasteiger partial charge in [-0.2, -0.15) is 0 Å². The van der Waals surface area contributed by atoms with Crippen LogP contribution in [0.15, 0.2) is 0 Å². The fourth-order valence-corrected chi connectivity index (χ4v) is 2.52. The highest BCUT2D eigenvalue weighted by atomic mass is 16.8. The lowest BCUT2D eigenvalue weighted by Crippen LogP contribution is -2.68. The summed E-state index contributed by atoms with van der Waals surface area (Å²) >= 11 is 0. The summed E-state index contributed by atoms with van der Waals surface area (Å²) in [5.74, 6) is -2.23. The number of aliphatic hydroxyl groups excluding tert-OH is 8.